The van der Waals surface area contributed by atoms with Crippen LogP contribution in [0.4, 0.5) is 10.1 Å². The summed E-state index contributed by atoms with van der Waals surface area (Å²) in [6, 6.07) is 5.36. The summed E-state index contributed by atoms with van der Waals surface area (Å²) in [5, 5.41) is 14.2. The Bertz CT molecular complexity index is 1110. The molecular formula is C21H21FN4O4. The number of hydrogen-bond acceptors (Lipinski definition) is 5. The summed E-state index contributed by atoms with van der Waals surface area (Å²) in [6.07, 6.45) is 0. The van der Waals surface area contributed by atoms with Gasteiger partial charge in [-0.2, -0.15) is 5.26 Å². The van der Waals surface area contributed by atoms with Crippen molar-refractivity contribution in [3.8, 4) is 6.07 Å². The summed E-state index contributed by atoms with van der Waals surface area (Å²) in [7, 11) is 1.60. The first-order valence-electron chi connectivity index (χ1n) is 9.19. The Kier molecular flexibility index (Phi) is 5.46. The minimum absolute atomic E-state index is 0.107. The van der Waals surface area contributed by atoms with Crippen LogP contribution in [0.5, 0.6) is 0 Å². The molecule has 2 aromatic rings. The third-order valence-electron chi connectivity index (χ3n) is 5.18. The molecule has 0 aliphatic carbocycles. The molecule has 0 atom stereocenters. The number of ether oxygens (including phenoxy) is 1. The fourth-order valence-corrected chi connectivity index (χ4v) is 3.44. The molecule has 1 fully saturated rings. The molecule has 1 aliphatic heterocycles. The number of anilines is 1. The number of carbonyl (C=O) groups excluding carboxylic acids is 3. The lowest BCUT2D eigenvalue weighted by atomic mass is 10.00. The number of amides is 2. The van der Waals surface area contributed by atoms with Gasteiger partial charge in [0.1, 0.15) is 11.9 Å². The quantitative estimate of drug-likeness (QED) is 0.576. The maximum absolute atomic E-state index is 13.5. The summed E-state index contributed by atoms with van der Waals surface area (Å²) in [6.45, 7) is 5.67. The van der Waals surface area contributed by atoms with Crippen molar-refractivity contribution in [2.45, 2.75) is 26.3 Å². The second kappa shape index (κ2) is 7.72. The first-order chi connectivity index (χ1) is 14.1. The number of nitrogens with one attached hydrogen (secondary N) is 2. The van der Waals surface area contributed by atoms with Gasteiger partial charge in [-0.3, -0.25) is 14.4 Å². The number of rotatable bonds is 5. The highest BCUT2D eigenvalue weighted by Gasteiger charge is 2.38. The highest BCUT2D eigenvalue weighted by molar-refractivity contribution is 6.43. The van der Waals surface area contributed by atoms with E-state index >= 15 is 0 Å². The van der Waals surface area contributed by atoms with Crippen LogP contribution in [0.15, 0.2) is 18.2 Å². The van der Waals surface area contributed by atoms with E-state index in [4.69, 9.17) is 10.00 Å². The first-order valence-corrected chi connectivity index (χ1v) is 9.19. The lowest BCUT2D eigenvalue weighted by molar-refractivity contribution is -0.126. The van der Waals surface area contributed by atoms with Crippen LogP contribution in [0.2, 0.25) is 0 Å². The molecule has 3 rings (SSSR count). The molecule has 1 aromatic carbocycles. The number of halogens is 1. The molecule has 1 aliphatic rings. The maximum atomic E-state index is 13.5. The smallest absolute Gasteiger partial charge is 0.294 e. The standard InChI is InChI=1S/C21H21FN4O4/c1-11-16(19(28)24-14-5-6-15(22)13(7-14)8-23)12(2)26(4)17(11)18(27)20(29)25-21(3)9-30-10-21/h5-7H,9-10H2,1-4H3,(H,24,28)(H,25,29). The molecule has 2 N–H and O–H groups in total. The number of hydrogen-bond donors (Lipinski definition) is 2. The Hall–Kier alpha value is -3.51. The van der Waals surface area contributed by atoms with Crippen LogP contribution in [-0.4, -0.2) is 40.9 Å². The molecular weight excluding hydrogens is 391 g/mol. The number of nitriles is 1. The summed E-state index contributed by atoms with van der Waals surface area (Å²) in [4.78, 5) is 38.1. The Balaban J connectivity index is 1.88. The molecule has 2 heterocycles. The minimum atomic E-state index is -0.770. The van der Waals surface area contributed by atoms with Gasteiger partial charge in [-0.25, -0.2) is 4.39 Å². The van der Waals surface area contributed by atoms with Crippen LogP contribution in [0.25, 0.3) is 0 Å². The average Bonchev–Trinajstić information content (AvgIpc) is 2.90. The summed E-state index contributed by atoms with van der Waals surface area (Å²) >= 11 is 0. The van der Waals surface area contributed by atoms with E-state index in [0.29, 0.717) is 24.5 Å². The molecule has 0 radical (unpaired) electrons. The second-order valence-electron chi connectivity index (χ2n) is 7.59. The Labute approximate surface area is 172 Å². The minimum Gasteiger partial charge on any atom is -0.376 e. The Morgan fingerprint density at radius 2 is 1.93 bits per heavy atom. The van der Waals surface area contributed by atoms with E-state index in [-0.39, 0.29) is 22.5 Å². The molecule has 0 spiro atoms. The average molecular weight is 412 g/mol. The van der Waals surface area contributed by atoms with Gasteiger partial charge >= 0.3 is 0 Å². The van der Waals surface area contributed by atoms with Crippen LogP contribution in [0.3, 0.4) is 0 Å². The van der Waals surface area contributed by atoms with Gasteiger partial charge in [0.25, 0.3) is 17.6 Å². The fraction of sp³-hybridized carbons (Fsp3) is 0.333. The highest BCUT2D eigenvalue weighted by Crippen LogP contribution is 2.24. The number of ketones is 1. The molecule has 156 valence electrons. The molecule has 0 bridgehead atoms. The van der Waals surface area contributed by atoms with Crippen molar-refractivity contribution < 1.29 is 23.5 Å². The third-order valence-corrected chi connectivity index (χ3v) is 5.18. The topological polar surface area (TPSA) is 113 Å². The van der Waals surface area contributed by atoms with Gasteiger partial charge in [-0.15, -0.1) is 0 Å². The molecule has 2 amide bonds. The van der Waals surface area contributed by atoms with Gasteiger partial charge in [0.05, 0.1) is 35.6 Å². The molecule has 8 nitrogen and oxygen atoms in total. The number of nitrogens with zero attached hydrogens (tertiary/aromatic N) is 2. The van der Waals surface area contributed by atoms with Crippen molar-refractivity contribution in [2.75, 3.05) is 18.5 Å². The summed E-state index contributed by atoms with van der Waals surface area (Å²) in [5.41, 5.74) is 0.638. The van der Waals surface area contributed by atoms with Gasteiger partial charge in [-0.05, 0) is 44.5 Å². The van der Waals surface area contributed by atoms with E-state index in [1.807, 2.05) is 0 Å². The second-order valence-corrected chi connectivity index (χ2v) is 7.59. The predicted octanol–water partition coefficient (Wildman–Crippen LogP) is 1.99. The first kappa shape index (κ1) is 21.2. The Morgan fingerprint density at radius 3 is 2.50 bits per heavy atom. The van der Waals surface area contributed by atoms with E-state index in [2.05, 4.69) is 10.6 Å². The molecule has 0 saturated carbocycles. The van der Waals surface area contributed by atoms with Gasteiger partial charge in [0.2, 0.25) is 0 Å². The number of benzene rings is 1. The van der Waals surface area contributed by atoms with E-state index in [0.717, 1.165) is 6.07 Å². The zero-order valence-corrected chi connectivity index (χ0v) is 17.1. The van der Waals surface area contributed by atoms with Gasteiger partial charge < -0.3 is 19.9 Å². The SMILES string of the molecule is Cc1c(C(=O)Nc2ccc(F)c(C#N)c2)c(C)n(C)c1C(=O)C(=O)NC1(C)COC1. The molecule has 1 saturated heterocycles. The third kappa shape index (κ3) is 3.69. The predicted molar refractivity (Wildman–Crippen MR) is 106 cm³/mol. The van der Waals surface area contributed by atoms with E-state index < -0.39 is 29.0 Å². The highest BCUT2D eigenvalue weighted by atomic mass is 19.1. The van der Waals surface area contributed by atoms with Gasteiger partial charge in [0.15, 0.2) is 0 Å². The van der Waals surface area contributed by atoms with Crippen LogP contribution < -0.4 is 10.6 Å². The van der Waals surface area contributed by atoms with Crippen LogP contribution in [0, 0.1) is 31.0 Å². The molecule has 30 heavy (non-hydrogen) atoms. The zero-order valence-electron chi connectivity index (χ0n) is 17.1. The number of aromatic nitrogens is 1. The molecule has 1 aromatic heterocycles. The van der Waals surface area contributed by atoms with Crippen LogP contribution >= 0.6 is 0 Å². The Morgan fingerprint density at radius 1 is 1.27 bits per heavy atom. The van der Waals surface area contributed by atoms with Crippen molar-refractivity contribution in [3.05, 3.63) is 52.1 Å². The number of Topliss-reactive ketones (excluding diaryl/α,β-unsaturated/α-hetero) is 1. The largest absolute Gasteiger partial charge is 0.376 e. The van der Waals surface area contributed by atoms with Crippen molar-refractivity contribution in [2.24, 2.45) is 7.05 Å². The van der Waals surface area contributed by atoms with Crippen molar-refractivity contribution in [1.29, 1.82) is 5.26 Å². The van der Waals surface area contributed by atoms with E-state index in [1.165, 1.54) is 16.7 Å². The normalized spacial score (nSPS) is 14.4. The maximum Gasteiger partial charge on any atom is 0.294 e. The van der Waals surface area contributed by atoms with Crippen molar-refractivity contribution in [1.82, 2.24) is 9.88 Å². The monoisotopic (exact) mass is 412 g/mol. The lowest BCUT2D eigenvalue weighted by Gasteiger charge is -2.38. The summed E-state index contributed by atoms with van der Waals surface area (Å²) in [5.74, 6) is -2.74. The van der Waals surface area contributed by atoms with Crippen LogP contribution in [0.1, 0.15) is 44.6 Å². The fourth-order valence-electron chi connectivity index (χ4n) is 3.44. The van der Waals surface area contributed by atoms with E-state index in [9.17, 15) is 18.8 Å². The van der Waals surface area contributed by atoms with Crippen molar-refractivity contribution >= 4 is 23.3 Å². The van der Waals surface area contributed by atoms with Gasteiger partial charge in [-0.1, -0.05) is 0 Å². The molecule has 9 heteroatoms. The van der Waals surface area contributed by atoms with Crippen molar-refractivity contribution in [3.63, 3.8) is 0 Å². The lowest BCUT2D eigenvalue weighted by Crippen LogP contribution is -2.61. The summed E-state index contributed by atoms with van der Waals surface area (Å²) < 4.78 is 20.1. The van der Waals surface area contributed by atoms with Gasteiger partial charge in [0, 0.05) is 18.4 Å². The zero-order chi connectivity index (χ0) is 22.2. The van der Waals surface area contributed by atoms with Crippen LogP contribution in [-0.2, 0) is 16.6 Å². The molecule has 0 unspecified atom stereocenters. The number of carbonyl (C=O) groups is 3. The van der Waals surface area contributed by atoms with E-state index in [1.54, 1.807) is 33.9 Å².